The number of halogens is 2. The third kappa shape index (κ3) is 2.36. The van der Waals surface area contributed by atoms with Crippen LogP contribution in [-0.4, -0.2) is 15.0 Å². The summed E-state index contributed by atoms with van der Waals surface area (Å²) in [6, 6.07) is 14.5. The summed E-state index contributed by atoms with van der Waals surface area (Å²) in [6.45, 7) is 0. The van der Waals surface area contributed by atoms with E-state index in [1.54, 1.807) is 6.20 Å². The number of nitrogens with zero attached hydrogens (tertiary/aromatic N) is 2. The molecule has 0 saturated carbocycles. The molecule has 0 saturated heterocycles. The fourth-order valence-electron chi connectivity index (χ4n) is 2.38. The van der Waals surface area contributed by atoms with Crippen LogP contribution in [0.5, 0.6) is 0 Å². The van der Waals surface area contributed by atoms with Gasteiger partial charge in [0.1, 0.15) is 5.82 Å². The van der Waals surface area contributed by atoms with Crippen molar-refractivity contribution in [3.05, 3.63) is 57.6 Å². The minimum absolute atomic E-state index is 0.726. The molecule has 4 aromatic rings. The number of nitrogens with one attached hydrogen (secondary N) is 1. The molecular weight excluding hydrogens is 394 g/mol. The Bertz CT molecular complexity index is 976. The average Bonchev–Trinajstić information content (AvgIpc) is 2.89. The molecular formula is C16H9Br2N3. The van der Waals surface area contributed by atoms with Gasteiger partial charge in [0.2, 0.25) is 0 Å². The lowest BCUT2D eigenvalue weighted by Crippen LogP contribution is -1.81. The quantitative estimate of drug-likeness (QED) is 0.469. The topological polar surface area (TPSA) is 41.6 Å². The molecule has 0 bridgehead atoms. The number of benzene rings is 2. The van der Waals surface area contributed by atoms with Gasteiger partial charge in [-0.2, -0.15) is 0 Å². The smallest absolute Gasteiger partial charge is 0.178 e. The van der Waals surface area contributed by atoms with Crippen LogP contribution in [-0.2, 0) is 0 Å². The Labute approximate surface area is 137 Å². The van der Waals surface area contributed by atoms with Gasteiger partial charge in [-0.05, 0) is 51.0 Å². The molecule has 0 unspecified atom stereocenters. The number of hydrogen-bond donors (Lipinski definition) is 1. The monoisotopic (exact) mass is 401 g/mol. The summed E-state index contributed by atoms with van der Waals surface area (Å²) < 4.78 is 2.02. The van der Waals surface area contributed by atoms with E-state index in [0.29, 0.717) is 0 Å². The molecule has 102 valence electrons. The molecule has 2 aromatic heterocycles. The molecule has 21 heavy (non-hydrogen) atoms. The number of imidazole rings is 1. The van der Waals surface area contributed by atoms with Crippen molar-refractivity contribution in [3.63, 3.8) is 0 Å². The van der Waals surface area contributed by atoms with E-state index in [9.17, 15) is 0 Å². The SMILES string of the molecule is Brc1ccc2cc(-c3nc4ncc(Br)cc4[nH]3)ccc2c1. The highest BCUT2D eigenvalue weighted by atomic mass is 79.9. The second-order valence-corrected chi connectivity index (χ2v) is 6.65. The first-order chi connectivity index (χ1) is 10.2. The number of aromatic nitrogens is 3. The van der Waals surface area contributed by atoms with Crippen LogP contribution in [0.1, 0.15) is 0 Å². The predicted molar refractivity (Wildman–Crippen MR) is 92.2 cm³/mol. The first-order valence-electron chi connectivity index (χ1n) is 6.40. The Morgan fingerprint density at radius 3 is 2.57 bits per heavy atom. The summed E-state index contributed by atoms with van der Waals surface area (Å²) in [5, 5.41) is 2.38. The molecule has 1 N–H and O–H groups in total. The van der Waals surface area contributed by atoms with Gasteiger partial charge in [-0.1, -0.05) is 34.1 Å². The fraction of sp³-hybridized carbons (Fsp3) is 0. The first kappa shape index (κ1) is 13.0. The lowest BCUT2D eigenvalue weighted by Gasteiger charge is -2.01. The maximum atomic E-state index is 4.55. The molecule has 5 heteroatoms. The predicted octanol–water partition coefficient (Wildman–Crippen LogP) is 5.30. The van der Waals surface area contributed by atoms with Crippen LogP contribution in [0.25, 0.3) is 33.3 Å². The molecule has 2 aromatic carbocycles. The van der Waals surface area contributed by atoms with Crippen molar-refractivity contribution >= 4 is 53.8 Å². The van der Waals surface area contributed by atoms with Gasteiger partial charge in [-0.3, -0.25) is 0 Å². The minimum Gasteiger partial charge on any atom is -0.337 e. The van der Waals surface area contributed by atoms with Crippen LogP contribution in [0.15, 0.2) is 57.6 Å². The normalized spacial score (nSPS) is 11.3. The van der Waals surface area contributed by atoms with Crippen LogP contribution in [0, 0.1) is 0 Å². The number of H-pyrrole nitrogens is 1. The second-order valence-electron chi connectivity index (χ2n) is 4.82. The van der Waals surface area contributed by atoms with Crippen LogP contribution in [0.4, 0.5) is 0 Å². The van der Waals surface area contributed by atoms with Crippen molar-refractivity contribution in [1.29, 1.82) is 0 Å². The highest BCUT2D eigenvalue weighted by molar-refractivity contribution is 9.10. The number of aromatic amines is 1. The first-order valence-corrected chi connectivity index (χ1v) is 7.99. The lowest BCUT2D eigenvalue weighted by molar-refractivity contribution is 1.30. The van der Waals surface area contributed by atoms with E-state index in [0.717, 1.165) is 31.5 Å². The summed E-state index contributed by atoms with van der Waals surface area (Å²) in [5.41, 5.74) is 2.71. The Balaban J connectivity index is 1.89. The van der Waals surface area contributed by atoms with Gasteiger partial charge < -0.3 is 4.98 Å². The van der Waals surface area contributed by atoms with E-state index in [-0.39, 0.29) is 0 Å². The molecule has 3 nitrogen and oxygen atoms in total. The van der Waals surface area contributed by atoms with Gasteiger partial charge in [0.05, 0.1) is 5.52 Å². The minimum atomic E-state index is 0.726. The zero-order valence-electron chi connectivity index (χ0n) is 10.8. The molecule has 4 rings (SSSR count). The molecule has 0 spiro atoms. The standard InChI is InChI=1S/C16H9Br2N3/c17-12-4-3-9-5-11(2-1-10(9)6-12)15-20-14-7-13(18)8-19-16(14)21-15/h1-8H,(H,19,20,21). The molecule has 0 radical (unpaired) electrons. The summed E-state index contributed by atoms with van der Waals surface area (Å²) in [5.74, 6) is 0.834. The van der Waals surface area contributed by atoms with Gasteiger partial charge in [-0.25, -0.2) is 9.97 Å². The molecule has 0 aliphatic rings. The summed E-state index contributed by atoms with van der Waals surface area (Å²) in [7, 11) is 0. The van der Waals surface area contributed by atoms with Crippen molar-refractivity contribution in [2.45, 2.75) is 0 Å². The molecule has 0 amide bonds. The van der Waals surface area contributed by atoms with Crippen LogP contribution in [0.3, 0.4) is 0 Å². The molecule has 0 aliphatic carbocycles. The van der Waals surface area contributed by atoms with E-state index >= 15 is 0 Å². The average molecular weight is 403 g/mol. The van der Waals surface area contributed by atoms with Crippen molar-refractivity contribution < 1.29 is 0 Å². The number of hydrogen-bond acceptors (Lipinski definition) is 2. The van der Waals surface area contributed by atoms with Crippen molar-refractivity contribution in [2.75, 3.05) is 0 Å². The Kier molecular flexibility index (Phi) is 3.05. The fourth-order valence-corrected chi connectivity index (χ4v) is 3.09. The van der Waals surface area contributed by atoms with Crippen molar-refractivity contribution in [3.8, 4) is 11.4 Å². The maximum Gasteiger partial charge on any atom is 0.178 e. The summed E-state index contributed by atoms with van der Waals surface area (Å²) >= 11 is 6.92. The molecule has 0 aliphatic heterocycles. The van der Waals surface area contributed by atoms with Crippen LogP contribution in [0.2, 0.25) is 0 Å². The van der Waals surface area contributed by atoms with Gasteiger partial charge in [-0.15, -0.1) is 0 Å². The van der Waals surface area contributed by atoms with Crippen LogP contribution < -0.4 is 0 Å². The Morgan fingerprint density at radius 2 is 1.67 bits per heavy atom. The number of fused-ring (bicyclic) bond motifs is 2. The molecule has 0 atom stereocenters. The van der Waals surface area contributed by atoms with Gasteiger partial charge >= 0.3 is 0 Å². The highest BCUT2D eigenvalue weighted by Crippen LogP contribution is 2.26. The third-order valence-electron chi connectivity index (χ3n) is 3.38. The zero-order valence-corrected chi connectivity index (χ0v) is 13.9. The third-order valence-corrected chi connectivity index (χ3v) is 4.31. The second kappa shape index (κ2) is 4.93. The van der Waals surface area contributed by atoms with Gasteiger partial charge in [0, 0.05) is 20.7 Å². The highest BCUT2D eigenvalue weighted by Gasteiger charge is 2.07. The zero-order chi connectivity index (χ0) is 14.4. The summed E-state index contributed by atoms with van der Waals surface area (Å²) in [6.07, 6.45) is 1.75. The maximum absolute atomic E-state index is 4.55. The van der Waals surface area contributed by atoms with E-state index in [1.807, 2.05) is 12.1 Å². The summed E-state index contributed by atoms with van der Waals surface area (Å²) in [4.78, 5) is 12.2. The molecule has 0 fully saturated rings. The van der Waals surface area contributed by atoms with E-state index in [1.165, 1.54) is 10.8 Å². The van der Waals surface area contributed by atoms with Crippen molar-refractivity contribution in [2.24, 2.45) is 0 Å². The van der Waals surface area contributed by atoms with Gasteiger partial charge in [0.25, 0.3) is 0 Å². The largest absolute Gasteiger partial charge is 0.337 e. The Hall–Kier alpha value is -1.72. The Morgan fingerprint density at radius 1 is 0.857 bits per heavy atom. The lowest BCUT2D eigenvalue weighted by atomic mass is 10.1. The van der Waals surface area contributed by atoms with E-state index in [2.05, 4.69) is 77.1 Å². The van der Waals surface area contributed by atoms with Crippen LogP contribution >= 0.6 is 31.9 Å². The number of pyridine rings is 1. The molecule has 2 heterocycles. The van der Waals surface area contributed by atoms with Gasteiger partial charge in [0.15, 0.2) is 5.65 Å². The number of rotatable bonds is 1. The van der Waals surface area contributed by atoms with E-state index in [4.69, 9.17) is 0 Å². The van der Waals surface area contributed by atoms with Crippen molar-refractivity contribution in [1.82, 2.24) is 15.0 Å². The van der Waals surface area contributed by atoms with E-state index < -0.39 is 0 Å².